The van der Waals surface area contributed by atoms with Crippen molar-refractivity contribution in [3.05, 3.63) is 28.6 Å². The van der Waals surface area contributed by atoms with Crippen LogP contribution in [0.15, 0.2) is 0 Å². The summed E-state index contributed by atoms with van der Waals surface area (Å²) in [6.45, 7) is 6.43. The highest BCUT2D eigenvalue weighted by atomic mass is 16.2. The topological polar surface area (TPSA) is 94.7 Å². The zero-order valence-corrected chi connectivity index (χ0v) is 13.6. The van der Waals surface area contributed by atoms with E-state index >= 15 is 0 Å². The Morgan fingerprint density at radius 3 is 2.74 bits per heavy atom. The summed E-state index contributed by atoms with van der Waals surface area (Å²) in [5, 5.41) is 15.3. The summed E-state index contributed by atoms with van der Waals surface area (Å²) in [4.78, 5) is 23.7. The molecule has 2 aromatic rings. The Morgan fingerprint density at radius 1 is 1.26 bits per heavy atom. The molecular formula is C15H20N6O2. The third-order valence-corrected chi connectivity index (χ3v) is 4.16. The number of fused-ring (bicyclic) bond motifs is 1. The summed E-state index contributed by atoms with van der Waals surface area (Å²) in [5.74, 6) is 1.56. The number of nitrogens with zero attached hydrogens (tertiary/aromatic N) is 5. The van der Waals surface area contributed by atoms with Gasteiger partial charge in [-0.05, 0) is 27.2 Å². The molecule has 0 aliphatic carbocycles. The molecule has 0 fully saturated rings. The summed E-state index contributed by atoms with van der Waals surface area (Å²) < 4.78 is 3.62. The number of carbonyl (C=O) groups excluding carboxylic acids is 2. The minimum atomic E-state index is -0.166. The van der Waals surface area contributed by atoms with Gasteiger partial charge in [-0.3, -0.25) is 14.3 Å². The zero-order chi connectivity index (χ0) is 16.6. The predicted octanol–water partition coefficient (Wildman–Crippen LogP) is 0.557. The first-order chi connectivity index (χ1) is 11.0. The van der Waals surface area contributed by atoms with Crippen molar-refractivity contribution in [2.75, 3.05) is 0 Å². The Kier molecular flexibility index (Phi) is 3.97. The lowest BCUT2D eigenvalue weighted by atomic mass is 10.1. The van der Waals surface area contributed by atoms with Gasteiger partial charge >= 0.3 is 0 Å². The van der Waals surface area contributed by atoms with E-state index in [9.17, 15) is 9.59 Å². The zero-order valence-electron chi connectivity index (χ0n) is 13.6. The van der Waals surface area contributed by atoms with Crippen LogP contribution >= 0.6 is 0 Å². The molecule has 122 valence electrons. The number of ketones is 1. The molecule has 0 aromatic carbocycles. The largest absolute Gasteiger partial charge is 0.347 e. The lowest BCUT2D eigenvalue weighted by Gasteiger charge is -2.07. The van der Waals surface area contributed by atoms with Crippen molar-refractivity contribution in [1.29, 1.82) is 0 Å². The van der Waals surface area contributed by atoms with E-state index in [0.29, 0.717) is 23.5 Å². The molecule has 23 heavy (non-hydrogen) atoms. The molecule has 1 amide bonds. The second-order valence-corrected chi connectivity index (χ2v) is 5.82. The van der Waals surface area contributed by atoms with E-state index in [1.807, 2.05) is 0 Å². The first kappa shape index (κ1) is 15.4. The number of hydrogen-bond donors (Lipinski definition) is 1. The molecule has 0 radical (unpaired) electrons. The van der Waals surface area contributed by atoms with Crippen LogP contribution in [0.2, 0.25) is 0 Å². The Hall–Kier alpha value is -2.51. The average molecular weight is 316 g/mol. The third kappa shape index (κ3) is 2.88. The maximum absolute atomic E-state index is 12.1. The molecule has 0 atom stereocenters. The first-order valence-electron chi connectivity index (χ1n) is 7.70. The quantitative estimate of drug-likeness (QED) is 0.813. The molecule has 3 heterocycles. The van der Waals surface area contributed by atoms with Crippen LogP contribution in [0, 0.1) is 13.8 Å². The van der Waals surface area contributed by atoms with Crippen molar-refractivity contribution < 1.29 is 9.59 Å². The van der Waals surface area contributed by atoms with Gasteiger partial charge in [0.2, 0.25) is 5.91 Å². The van der Waals surface area contributed by atoms with Gasteiger partial charge < -0.3 is 9.88 Å². The maximum Gasteiger partial charge on any atom is 0.242 e. The highest BCUT2D eigenvalue weighted by molar-refractivity contribution is 5.96. The molecule has 8 heteroatoms. The van der Waals surface area contributed by atoms with E-state index in [2.05, 4.69) is 25.2 Å². The molecule has 3 rings (SSSR count). The summed E-state index contributed by atoms with van der Waals surface area (Å²) in [6.07, 6.45) is 2.02. The molecule has 0 bridgehead atoms. The van der Waals surface area contributed by atoms with E-state index in [-0.39, 0.29) is 18.2 Å². The van der Waals surface area contributed by atoms with Crippen molar-refractivity contribution in [1.82, 2.24) is 29.9 Å². The van der Waals surface area contributed by atoms with E-state index < -0.39 is 0 Å². The van der Waals surface area contributed by atoms with E-state index in [1.54, 1.807) is 18.5 Å². The van der Waals surface area contributed by atoms with Crippen LogP contribution in [0.5, 0.6) is 0 Å². The first-order valence-corrected chi connectivity index (χ1v) is 7.70. The number of nitrogens with one attached hydrogen (secondary N) is 1. The average Bonchev–Trinajstić information content (AvgIpc) is 3.13. The van der Waals surface area contributed by atoms with Crippen LogP contribution in [0.4, 0.5) is 0 Å². The standard InChI is InChI=1S/C15H20N6O2/c1-9-15(11(3)22)10(2)21(19-9)8-14(23)16-7-13-18-17-12-5-4-6-20(12)13/h4-8H2,1-3H3,(H,16,23). The van der Waals surface area contributed by atoms with E-state index in [1.165, 1.54) is 6.92 Å². The fourth-order valence-electron chi connectivity index (χ4n) is 3.07. The highest BCUT2D eigenvalue weighted by Gasteiger charge is 2.19. The van der Waals surface area contributed by atoms with Gasteiger partial charge in [0.05, 0.1) is 17.8 Å². The predicted molar refractivity (Wildman–Crippen MR) is 81.9 cm³/mol. The molecule has 8 nitrogen and oxygen atoms in total. The SMILES string of the molecule is CC(=O)c1c(C)nn(CC(=O)NCc2nnc3n2CCC3)c1C. The number of amides is 1. The lowest BCUT2D eigenvalue weighted by molar-refractivity contribution is -0.122. The van der Waals surface area contributed by atoms with Crippen LogP contribution in [0.25, 0.3) is 0 Å². The van der Waals surface area contributed by atoms with Crippen molar-refractivity contribution >= 4 is 11.7 Å². The number of aromatic nitrogens is 5. The summed E-state index contributed by atoms with van der Waals surface area (Å²) in [7, 11) is 0. The van der Waals surface area contributed by atoms with Gasteiger partial charge in [-0.15, -0.1) is 10.2 Å². The second kappa shape index (κ2) is 5.94. The van der Waals surface area contributed by atoms with E-state index in [4.69, 9.17) is 0 Å². The van der Waals surface area contributed by atoms with Crippen LogP contribution < -0.4 is 5.32 Å². The summed E-state index contributed by atoms with van der Waals surface area (Å²) in [5.41, 5.74) is 1.96. The fraction of sp³-hybridized carbons (Fsp3) is 0.533. The number of rotatable bonds is 5. The third-order valence-electron chi connectivity index (χ3n) is 4.16. The summed E-state index contributed by atoms with van der Waals surface area (Å²) in [6, 6.07) is 0. The van der Waals surface area contributed by atoms with Crippen molar-refractivity contribution in [3.63, 3.8) is 0 Å². The minimum absolute atomic E-state index is 0.0364. The Labute approximate surface area is 133 Å². The molecule has 1 aliphatic heterocycles. The Bertz CT molecular complexity index is 773. The van der Waals surface area contributed by atoms with Gasteiger partial charge in [0.25, 0.3) is 0 Å². The van der Waals surface area contributed by atoms with Crippen LogP contribution in [0.1, 0.15) is 46.7 Å². The van der Waals surface area contributed by atoms with Crippen LogP contribution in [0.3, 0.4) is 0 Å². The van der Waals surface area contributed by atoms with Crippen molar-refractivity contribution in [2.45, 2.75) is 53.2 Å². The summed E-state index contributed by atoms with van der Waals surface area (Å²) >= 11 is 0. The number of Topliss-reactive ketones (excluding diaryl/α,β-unsaturated/α-hetero) is 1. The molecule has 0 saturated carbocycles. The smallest absolute Gasteiger partial charge is 0.242 e. The fourth-order valence-corrected chi connectivity index (χ4v) is 3.07. The van der Waals surface area contributed by atoms with Crippen molar-refractivity contribution in [2.24, 2.45) is 0 Å². The Balaban J connectivity index is 1.64. The second-order valence-electron chi connectivity index (χ2n) is 5.82. The van der Waals surface area contributed by atoms with Crippen LogP contribution in [-0.2, 0) is 30.8 Å². The van der Waals surface area contributed by atoms with Gasteiger partial charge in [-0.1, -0.05) is 0 Å². The Morgan fingerprint density at radius 2 is 2.04 bits per heavy atom. The van der Waals surface area contributed by atoms with Crippen LogP contribution in [-0.4, -0.2) is 36.2 Å². The molecule has 2 aromatic heterocycles. The monoisotopic (exact) mass is 316 g/mol. The normalized spacial score (nSPS) is 13.2. The molecule has 1 aliphatic rings. The molecule has 0 saturated heterocycles. The highest BCUT2D eigenvalue weighted by Crippen LogP contribution is 2.14. The number of hydrogen-bond acceptors (Lipinski definition) is 5. The van der Waals surface area contributed by atoms with Crippen molar-refractivity contribution in [3.8, 4) is 0 Å². The van der Waals surface area contributed by atoms with Gasteiger partial charge in [0.1, 0.15) is 12.4 Å². The molecule has 0 spiro atoms. The van der Waals surface area contributed by atoms with E-state index in [0.717, 1.165) is 31.0 Å². The van der Waals surface area contributed by atoms with Gasteiger partial charge in [0, 0.05) is 18.7 Å². The minimum Gasteiger partial charge on any atom is -0.347 e. The van der Waals surface area contributed by atoms with Gasteiger partial charge in [-0.25, -0.2) is 0 Å². The molecule has 1 N–H and O–H groups in total. The van der Waals surface area contributed by atoms with Gasteiger partial charge in [-0.2, -0.15) is 5.10 Å². The maximum atomic E-state index is 12.1. The lowest BCUT2D eigenvalue weighted by Crippen LogP contribution is -2.29. The number of aryl methyl sites for hydroxylation is 2. The number of carbonyl (C=O) groups is 2. The van der Waals surface area contributed by atoms with Gasteiger partial charge in [0.15, 0.2) is 11.6 Å². The molecular weight excluding hydrogens is 296 g/mol. The molecule has 0 unspecified atom stereocenters.